The van der Waals surface area contributed by atoms with Crippen LogP contribution in [0.25, 0.3) is 0 Å². The number of carbonyl (C=O) groups excluding carboxylic acids is 1. The number of amides is 1. The molecule has 1 amide bonds. The van der Waals surface area contributed by atoms with Crippen molar-refractivity contribution in [1.29, 1.82) is 0 Å². The highest BCUT2D eigenvalue weighted by molar-refractivity contribution is 7.08. The topological polar surface area (TPSA) is 32.3 Å². The molecule has 0 radical (unpaired) electrons. The van der Waals surface area contributed by atoms with Gasteiger partial charge in [-0.1, -0.05) is 47.5 Å². The van der Waals surface area contributed by atoms with E-state index in [-0.39, 0.29) is 5.91 Å². The molecule has 1 aliphatic carbocycles. The number of thiophene rings is 1. The summed E-state index contributed by atoms with van der Waals surface area (Å²) in [5, 5.41) is 8.89. The minimum Gasteiger partial charge on any atom is -0.338 e. The minimum atomic E-state index is 0.0490. The lowest BCUT2D eigenvalue weighted by Crippen LogP contribution is -2.38. The number of likely N-dealkylation sites (tertiary alicyclic amines) is 1. The summed E-state index contributed by atoms with van der Waals surface area (Å²) in [5.41, 5.74) is 5.43. The Kier molecular flexibility index (Phi) is 6.42. The maximum atomic E-state index is 13.5. The average molecular weight is 526 g/mol. The van der Waals surface area contributed by atoms with Crippen LogP contribution >= 0.6 is 34.5 Å². The molecule has 3 unspecified atom stereocenters. The monoisotopic (exact) mass is 524 g/mol. The van der Waals surface area contributed by atoms with Crippen molar-refractivity contribution in [1.82, 2.24) is 10.2 Å². The standard InChI is InChI=1S/C29H30Cl2N2OS/c30-26-6-5-19(14-27(26)31)28(34)33-16-22(24(17-33)20-7-12-35-18-20)13-21-15-29(8-10-32-11-9-29)25-4-2-1-3-23(21)25/h1-7,12,14,18,21-22,24,32H,8-11,13,15-17H2. The van der Waals surface area contributed by atoms with Gasteiger partial charge in [0.2, 0.25) is 0 Å². The van der Waals surface area contributed by atoms with Crippen molar-refractivity contribution in [3.63, 3.8) is 0 Å². The molecular formula is C29H30Cl2N2OS. The van der Waals surface area contributed by atoms with Crippen LogP contribution in [0.5, 0.6) is 0 Å². The Morgan fingerprint density at radius 1 is 1.06 bits per heavy atom. The summed E-state index contributed by atoms with van der Waals surface area (Å²) < 4.78 is 0. The third-order valence-electron chi connectivity index (χ3n) is 8.62. The minimum absolute atomic E-state index is 0.0490. The van der Waals surface area contributed by atoms with E-state index >= 15 is 0 Å². The summed E-state index contributed by atoms with van der Waals surface area (Å²) >= 11 is 14.1. The predicted molar refractivity (Wildman–Crippen MR) is 145 cm³/mol. The highest BCUT2D eigenvalue weighted by Gasteiger charge is 2.46. The SMILES string of the molecule is O=C(c1ccc(Cl)c(Cl)c1)N1CC(CC2CC3(CCNCC3)c3ccccc32)C(c2ccsc2)C1. The number of carbonyl (C=O) groups is 1. The number of halogens is 2. The predicted octanol–water partition coefficient (Wildman–Crippen LogP) is 7.11. The molecule has 35 heavy (non-hydrogen) atoms. The van der Waals surface area contributed by atoms with Gasteiger partial charge in [-0.05, 0) is 108 Å². The number of hydrogen-bond acceptors (Lipinski definition) is 3. The molecule has 3 aromatic rings. The molecule has 2 aliphatic heterocycles. The van der Waals surface area contributed by atoms with Crippen LogP contribution in [0.3, 0.4) is 0 Å². The number of hydrogen-bond donors (Lipinski definition) is 1. The zero-order valence-electron chi connectivity index (χ0n) is 19.7. The van der Waals surface area contributed by atoms with Crippen LogP contribution in [0.15, 0.2) is 59.3 Å². The molecule has 3 aliphatic rings. The van der Waals surface area contributed by atoms with Crippen molar-refractivity contribution >= 4 is 40.4 Å². The second-order valence-corrected chi connectivity index (χ2v) is 12.1. The van der Waals surface area contributed by atoms with E-state index < -0.39 is 0 Å². The van der Waals surface area contributed by atoms with Crippen LogP contribution in [-0.2, 0) is 5.41 Å². The average Bonchev–Trinajstić information content (AvgIpc) is 3.61. The van der Waals surface area contributed by atoms with Gasteiger partial charge in [-0.25, -0.2) is 0 Å². The number of piperidine rings is 1. The van der Waals surface area contributed by atoms with Gasteiger partial charge in [0.15, 0.2) is 0 Å². The second-order valence-electron chi connectivity index (χ2n) is 10.5. The highest BCUT2D eigenvalue weighted by atomic mass is 35.5. The lowest BCUT2D eigenvalue weighted by molar-refractivity contribution is 0.0785. The van der Waals surface area contributed by atoms with E-state index in [9.17, 15) is 4.79 Å². The molecule has 2 saturated heterocycles. The Labute approximate surface area is 221 Å². The van der Waals surface area contributed by atoms with Gasteiger partial charge in [0.25, 0.3) is 5.91 Å². The van der Waals surface area contributed by atoms with E-state index in [1.807, 2.05) is 4.90 Å². The van der Waals surface area contributed by atoms with Crippen molar-refractivity contribution < 1.29 is 4.79 Å². The Hall–Kier alpha value is -1.85. The first kappa shape index (κ1) is 23.5. The lowest BCUT2D eigenvalue weighted by atomic mass is 9.73. The van der Waals surface area contributed by atoms with Gasteiger partial charge in [-0.3, -0.25) is 4.79 Å². The molecule has 0 bridgehead atoms. The molecule has 1 spiro atoms. The van der Waals surface area contributed by atoms with Crippen molar-refractivity contribution in [2.45, 2.75) is 42.9 Å². The smallest absolute Gasteiger partial charge is 0.253 e. The van der Waals surface area contributed by atoms with Gasteiger partial charge >= 0.3 is 0 Å². The number of nitrogens with one attached hydrogen (secondary N) is 1. The molecule has 2 fully saturated rings. The van der Waals surface area contributed by atoms with Gasteiger partial charge in [0.1, 0.15) is 0 Å². The van der Waals surface area contributed by atoms with Gasteiger partial charge in [0.05, 0.1) is 10.0 Å². The quantitative estimate of drug-likeness (QED) is 0.394. The van der Waals surface area contributed by atoms with Crippen LogP contribution in [0.4, 0.5) is 0 Å². The Morgan fingerprint density at radius 2 is 1.89 bits per heavy atom. The van der Waals surface area contributed by atoms with E-state index in [2.05, 4.69) is 46.4 Å². The fourth-order valence-electron chi connectivity index (χ4n) is 6.93. The number of rotatable bonds is 4. The van der Waals surface area contributed by atoms with Crippen molar-refractivity contribution in [2.75, 3.05) is 26.2 Å². The Morgan fingerprint density at radius 3 is 2.66 bits per heavy atom. The zero-order chi connectivity index (χ0) is 24.0. The summed E-state index contributed by atoms with van der Waals surface area (Å²) in [6, 6.07) is 16.6. The largest absolute Gasteiger partial charge is 0.338 e. The number of benzene rings is 2. The number of nitrogens with zero attached hydrogens (tertiary/aromatic N) is 1. The van der Waals surface area contributed by atoms with E-state index in [1.165, 1.54) is 24.8 Å². The molecule has 3 heterocycles. The first-order chi connectivity index (χ1) is 17.0. The van der Waals surface area contributed by atoms with Crippen molar-refractivity contribution in [3.05, 3.63) is 91.6 Å². The van der Waals surface area contributed by atoms with E-state index in [4.69, 9.17) is 23.2 Å². The number of fused-ring (bicyclic) bond motifs is 2. The normalized spacial score (nSPS) is 25.2. The summed E-state index contributed by atoms with van der Waals surface area (Å²) in [7, 11) is 0. The maximum absolute atomic E-state index is 13.5. The molecule has 182 valence electrons. The molecule has 1 aromatic heterocycles. The van der Waals surface area contributed by atoms with E-state index in [0.717, 1.165) is 32.6 Å². The van der Waals surface area contributed by atoms with E-state index in [0.29, 0.717) is 38.8 Å². The van der Waals surface area contributed by atoms with Crippen LogP contribution in [0.2, 0.25) is 10.0 Å². The first-order valence-electron chi connectivity index (χ1n) is 12.6. The highest BCUT2D eigenvalue weighted by Crippen LogP contribution is 2.54. The second kappa shape index (κ2) is 9.55. The van der Waals surface area contributed by atoms with Crippen molar-refractivity contribution in [2.24, 2.45) is 5.92 Å². The van der Waals surface area contributed by atoms with Gasteiger partial charge in [-0.15, -0.1) is 0 Å². The molecule has 3 atom stereocenters. The summed E-state index contributed by atoms with van der Waals surface area (Å²) in [4.78, 5) is 15.5. The molecule has 6 rings (SSSR count). The van der Waals surface area contributed by atoms with Crippen molar-refractivity contribution in [3.8, 4) is 0 Å². The Bertz CT molecular complexity index is 1220. The summed E-state index contributed by atoms with van der Waals surface area (Å²) in [6.45, 7) is 3.75. The fraction of sp³-hybridized carbons (Fsp3) is 0.414. The van der Waals surface area contributed by atoms with Gasteiger partial charge in [-0.2, -0.15) is 11.3 Å². The Balaban J connectivity index is 1.27. The van der Waals surface area contributed by atoms with Crippen LogP contribution in [-0.4, -0.2) is 37.0 Å². The molecule has 1 N–H and O–H groups in total. The molecule has 0 saturated carbocycles. The van der Waals surface area contributed by atoms with E-state index in [1.54, 1.807) is 40.7 Å². The summed E-state index contributed by atoms with van der Waals surface area (Å²) in [5.74, 6) is 1.40. The van der Waals surface area contributed by atoms with Gasteiger partial charge in [0, 0.05) is 24.6 Å². The van der Waals surface area contributed by atoms with Crippen LogP contribution < -0.4 is 5.32 Å². The van der Waals surface area contributed by atoms with Gasteiger partial charge < -0.3 is 10.2 Å². The molecule has 2 aromatic carbocycles. The summed E-state index contributed by atoms with van der Waals surface area (Å²) in [6.07, 6.45) is 4.81. The van der Waals surface area contributed by atoms with Crippen LogP contribution in [0, 0.1) is 5.92 Å². The zero-order valence-corrected chi connectivity index (χ0v) is 22.0. The molecular weight excluding hydrogens is 495 g/mol. The third-order valence-corrected chi connectivity index (χ3v) is 10.1. The lowest BCUT2D eigenvalue weighted by Gasteiger charge is -2.35. The molecule has 3 nitrogen and oxygen atoms in total. The fourth-order valence-corrected chi connectivity index (χ4v) is 7.96. The third kappa shape index (κ3) is 4.33. The first-order valence-corrected chi connectivity index (χ1v) is 14.3. The maximum Gasteiger partial charge on any atom is 0.253 e. The molecule has 6 heteroatoms. The van der Waals surface area contributed by atoms with Crippen LogP contribution in [0.1, 0.15) is 64.6 Å².